The molecule has 1 unspecified atom stereocenters. The maximum Gasteiger partial charge on any atom is 0.238 e. The van der Waals surface area contributed by atoms with Crippen LogP contribution in [0.2, 0.25) is 0 Å². The molecule has 2 aliphatic carbocycles. The van der Waals surface area contributed by atoms with Crippen molar-refractivity contribution in [2.75, 3.05) is 6.54 Å². The van der Waals surface area contributed by atoms with Gasteiger partial charge in [-0.2, -0.15) is 0 Å². The maximum absolute atomic E-state index is 12.4. The fraction of sp³-hybridized carbons (Fsp3) is 0.588. The summed E-state index contributed by atoms with van der Waals surface area (Å²) in [5.74, 6) is 1.82. The number of nitrogens with zero attached hydrogens (tertiary/aromatic N) is 1. The molecule has 1 N–H and O–H groups in total. The van der Waals surface area contributed by atoms with Crippen LogP contribution in [-0.2, 0) is 4.79 Å². The summed E-state index contributed by atoms with van der Waals surface area (Å²) in [5.41, 5.74) is 2.54. The van der Waals surface area contributed by atoms with Crippen LogP contribution >= 0.6 is 0 Å². The van der Waals surface area contributed by atoms with Gasteiger partial charge in [0, 0.05) is 6.04 Å². The van der Waals surface area contributed by atoms with Gasteiger partial charge in [-0.25, -0.2) is 0 Å². The first-order chi connectivity index (χ1) is 9.75. The zero-order chi connectivity index (χ0) is 13.7. The molecule has 1 aromatic rings. The number of aryl methyl sites for hydroxylation is 1. The summed E-state index contributed by atoms with van der Waals surface area (Å²) in [5, 5.41) is 3.44. The Kier molecular flexibility index (Phi) is 2.84. The highest BCUT2D eigenvalue weighted by atomic mass is 16.2. The number of carbonyl (C=O) groups is 1. The molecule has 0 aromatic heterocycles. The number of nitrogens with one attached hydrogen (secondary N) is 1. The second kappa shape index (κ2) is 4.59. The molecular formula is C17H22N2O. The van der Waals surface area contributed by atoms with Gasteiger partial charge in [-0.15, -0.1) is 0 Å². The normalized spacial score (nSPS) is 26.6. The van der Waals surface area contributed by atoms with E-state index in [9.17, 15) is 4.79 Å². The second-order valence-corrected chi connectivity index (χ2v) is 6.61. The summed E-state index contributed by atoms with van der Waals surface area (Å²) in [7, 11) is 0. The molecule has 1 saturated heterocycles. The highest BCUT2D eigenvalue weighted by Gasteiger charge is 2.50. The summed E-state index contributed by atoms with van der Waals surface area (Å²) >= 11 is 0. The largest absolute Gasteiger partial charge is 0.318 e. The van der Waals surface area contributed by atoms with Gasteiger partial charge in [0.05, 0.1) is 6.54 Å². The Bertz CT molecular complexity index is 522. The Balaban J connectivity index is 1.68. The van der Waals surface area contributed by atoms with Gasteiger partial charge in [-0.05, 0) is 55.6 Å². The van der Waals surface area contributed by atoms with E-state index in [0.717, 1.165) is 11.8 Å². The van der Waals surface area contributed by atoms with E-state index < -0.39 is 0 Å². The molecule has 3 fully saturated rings. The minimum absolute atomic E-state index is 0.0925. The van der Waals surface area contributed by atoms with E-state index in [1.165, 1.54) is 36.8 Å². The van der Waals surface area contributed by atoms with Crippen LogP contribution in [0.15, 0.2) is 24.3 Å². The zero-order valence-electron chi connectivity index (χ0n) is 12.0. The average Bonchev–Trinajstić information content (AvgIpc) is 3.34. The van der Waals surface area contributed by atoms with Gasteiger partial charge >= 0.3 is 0 Å². The lowest BCUT2D eigenvalue weighted by molar-refractivity contribution is -0.131. The molecule has 0 bridgehead atoms. The van der Waals surface area contributed by atoms with Crippen LogP contribution in [0.1, 0.15) is 43.0 Å². The number of carbonyl (C=O) groups excluding carboxylic acids is 1. The summed E-state index contributed by atoms with van der Waals surface area (Å²) in [6.07, 6.45) is 5.34. The summed E-state index contributed by atoms with van der Waals surface area (Å²) < 4.78 is 0. The van der Waals surface area contributed by atoms with Gasteiger partial charge < -0.3 is 4.90 Å². The maximum atomic E-state index is 12.4. The topological polar surface area (TPSA) is 32.3 Å². The first kappa shape index (κ1) is 12.4. The quantitative estimate of drug-likeness (QED) is 0.912. The van der Waals surface area contributed by atoms with E-state index >= 15 is 0 Å². The predicted octanol–water partition coefficient (Wildman–Crippen LogP) is 2.61. The number of amides is 1. The van der Waals surface area contributed by atoms with Crippen LogP contribution in [0, 0.1) is 18.8 Å². The molecule has 20 heavy (non-hydrogen) atoms. The molecule has 1 amide bonds. The molecule has 2 saturated carbocycles. The van der Waals surface area contributed by atoms with Crippen molar-refractivity contribution >= 4 is 5.91 Å². The van der Waals surface area contributed by atoms with Crippen molar-refractivity contribution in [3.8, 4) is 0 Å². The molecule has 1 atom stereocenters. The van der Waals surface area contributed by atoms with Gasteiger partial charge in [-0.1, -0.05) is 24.3 Å². The average molecular weight is 270 g/mol. The molecule has 3 nitrogen and oxygen atoms in total. The Hall–Kier alpha value is -1.35. The van der Waals surface area contributed by atoms with E-state index in [1.54, 1.807) is 0 Å². The molecule has 1 heterocycles. The van der Waals surface area contributed by atoms with Crippen molar-refractivity contribution in [2.45, 2.75) is 44.8 Å². The lowest BCUT2D eigenvalue weighted by Gasteiger charge is -2.34. The standard InChI is InChI=1S/C17H22N2O/c1-11-4-2-3-5-14(11)17-18-10-15(20)19(17)16(12-6-7-12)13-8-9-13/h2-5,12-13,16-18H,6-10H2,1H3. The zero-order valence-corrected chi connectivity index (χ0v) is 12.0. The third-order valence-electron chi connectivity index (χ3n) is 5.03. The smallest absolute Gasteiger partial charge is 0.238 e. The van der Waals surface area contributed by atoms with Crippen molar-refractivity contribution in [2.24, 2.45) is 11.8 Å². The van der Waals surface area contributed by atoms with E-state index in [2.05, 4.69) is 41.4 Å². The summed E-state index contributed by atoms with van der Waals surface area (Å²) in [4.78, 5) is 14.6. The highest BCUT2D eigenvalue weighted by Crippen LogP contribution is 2.49. The van der Waals surface area contributed by atoms with Gasteiger partial charge in [0.1, 0.15) is 6.17 Å². The Morgan fingerprint density at radius 3 is 2.40 bits per heavy atom. The highest BCUT2D eigenvalue weighted by molar-refractivity contribution is 5.81. The van der Waals surface area contributed by atoms with Crippen molar-refractivity contribution in [1.82, 2.24) is 10.2 Å². The minimum atomic E-state index is 0.0925. The van der Waals surface area contributed by atoms with Gasteiger partial charge in [0.15, 0.2) is 0 Å². The second-order valence-electron chi connectivity index (χ2n) is 6.61. The SMILES string of the molecule is Cc1ccccc1C1NCC(=O)N1C(C1CC1)C1CC1. The fourth-order valence-electron chi connectivity index (χ4n) is 3.72. The van der Waals surface area contributed by atoms with Crippen molar-refractivity contribution < 1.29 is 4.79 Å². The van der Waals surface area contributed by atoms with Gasteiger partial charge in [-0.3, -0.25) is 10.1 Å². The molecule has 0 radical (unpaired) electrons. The minimum Gasteiger partial charge on any atom is -0.318 e. The van der Waals surface area contributed by atoms with Crippen LogP contribution in [-0.4, -0.2) is 23.4 Å². The summed E-state index contributed by atoms with van der Waals surface area (Å²) in [6, 6.07) is 8.94. The first-order valence-electron chi connectivity index (χ1n) is 7.86. The van der Waals surface area contributed by atoms with Gasteiger partial charge in [0.2, 0.25) is 5.91 Å². The lowest BCUT2D eigenvalue weighted by Crippen LogP contribution is -2.42. The molecule has 4 rings (SSSR count). The lowest BCUT2D eigenvalue weighted by atomic mass is 10.0. The van der Waals surface area contributed by atoms with Crippen LogP contribution in [0.4, 0.5) is 0 Å². The van der Waals surface area contributed by atoms with Crippen molar-refractivity contribution in [1.29, 1.82) is 0 Å². The van der Waals surface area contributed by atoms with E-state index in [-0.39, 0.29) is 6.17 Å². The Morgan fingerprint density at radius 2 is 1.80 bits per heavy atom. The number of hydrogen-bond acceptors (Lipinski definition) is 2. The monoisotopic (exact) mass is 270 g/mol. The van der Waals surface area contributed by atoms with Crippen LogP contribution in [0.25, 0.3) is 0 Å². The van der Waals surface area contributed by atoms with E-state index in [4.69, 9.17) is 0 Å². The first-order valence-corrected chi connectivity index (χ1v) is 7.86. The molecular weight excluding hydrogens is 248 g/mol. The number of hydrogen-bond donors (Lipinski definition) is 1. The van der Waals surface area contributed by atoms with Gasteiger partial charge in [0.25, 0.3) is 0 Å². The molecule has 106 valence electrons. The Morgan fingerprint density at radius 1 is 1.15 bits per heavy atom. The molecule has 3 heteroatoms. The molecule has 1 aliphatic heterocycles. The van der Waals surface area contributed by atoms with E-state index in [1.807, 2.05) is 0 Å². The van der Waals surface area contributed by atoms with Crippen LogP contribution in [0.3, 0.4) is 0 Å². The van der Waals surface area contributed by atoms with Crippen LogP contribution < -0.4 is 5.32 Å². The fourth-order valence-corrected chi connectivity index (χ4v) is 3.72. The molecule has 0 spiro atoms. The van der Waals surface area contributed by atoms with E-state index in [0.29, 0.717) is 18.5 Å². The third-order valence-corrected chi connectivity index (χ3v) is 5.03. The van der Waals surface area contributed by atoms with Crippen molar-refractivity contribution in [3.05, 3.63) is 35.4 Å². The van der Waals surface area contributed by atoms with Crippen LogP contribution in [0.5, 0.6) is 0 Å². The number of rotatable bonds is 4. The Labute approximate surface area is 120 Å². The molecule has 3 aliphatic rings. The molecule has 1 aromatic carbocycles. The predicted molar refractivity (Wildman–Crippen MR) is 78.0 cm³/mol. The number of benzene rings is 1. The third kappa shape index (κ3) is 2.05. The van der Waals surface area contributed by atoms with Crippen molar-refractivity contribution in [3.63, 3.8) is 0 Å². The summed E-state index contributed by atoms with van der Waals surface area (Å²) in [6.45, 7) is 2.64.